The van der Waals surface area contributed by atoms with E-state index in [1.165, 1.54) is 13.8 Å². The molecule has 0 spiro atoms. The molecular formula is C6H7F3N2. The molecule has 0 saturated heterocycles. The number of halogens is 3. The van der Waals surface area contributed by atoms with Crippen molar-refractivity contribution >= 4 is 0 Å². The van der Waals surface area contributed by atoms with Crippen LogP contribution in [-0.2, 0) is 6.18 Å². The molecule has 0 saturated carbocycles. The lowest BCUT2D eigenvalue weighted by molar-refractivity contribution is -0.141. The maximum absolute atomic E-state index is 12.0. The highest BCUT2D eigenvalue weighted by Crippen LogP contribution is 2.30. The van der Waals surface area contributed by atoms with Gasteiger partial charge in [0.15, 0.2) is 0 Å². The molecule has 1 aromatic heterocycles. The molecular weight excluding hydrogens is 157 g/mol. The van der Waals surface area contributed by atoms with Crippen LogP contribution in [0.4, 0.5) is 13.2 Å². The van der Waals surface area contributed by atoms with Crippen LogP contribution in [-0.4, -0.2) is 10.2 Å². The average Bonchev–Trinajstić information content (AvgIpc) is 2.11. The average molecular weight is 164 g/mol. The van der Waals surface area contributed by atoms with E-state index in [0.29, 0.717) is 5.69 Å². The minimum atomic E-state index is -4.31. The van der Waals surface area contributed by atoms with E-state index in [1.54, 1.807) is 0 Å². The van der Waals surface area contributed by atoms with Crippen LogP contribution in [0.3, 0.4) is 0 Å². The van der Waals surface area contributed by atoms with E-state index < -0.39 is 11.9 Å². The van der Waals surface area contributed by atoms with Gasteiger partial charge in [-0.25, -0.2) is 0 Å². The van der Waals surface area contributed by atoms with Crippen LogP contribution >= 0.6 is 0 Å². The minimum Gasteiger partial charge on any atom is -0.273 e. The summed E-state index contributed by atoms with van der Waals surface area (Å²) in [6, 6.07) is 0. The number of aryl methyl sites for hydroxylation is 1. The third-order valence-corrected chi connectivity index (χ3v) is 1.54. The van der Waals surface area contributed by atoms with Crippen LogP contribution in [0.25, 0.3) is 0 Å². The van der Waals surface area contributed by atoms with Crippen molar-refractivity contribution in [3.05, 3.63) is 17.0 Å². The van der Waals surface area contributed by atoms with Crippen molar-refractivity contribution in [3.63, 3.8) is 0 Å². The van der Waals surface area contributed by atoms with Gasteiger partial charge in [0.1, 0.15) is 5.69 Å². The Morgan fingerprint density at radius 2 is 1.82 bits per heavy atom. The first-order chi connectivity index (χ1) is 4.93. The van der Waals surface area contributed by atoms with Gasteiger partial charge < -0.3 is 0 Å². The van der Waals surface area contributed by atoms with E-state index >= 15 is 0 Å². The van der Waals surface area contributed by atoms with Crippen molar-refractivity contribution in [2.75, 3.05) is 0 Å². The molecule has 1 rings (SSSR count). The van der Waals surface area contributed by atoms with E-state index in [1.807, 2.05) is 5.10 Å². The van der Waals surface area contributed by atoms with Gasteiger partial charge in [0, 0.05) is 5.56 Å². The Bertz CT molecular complexity index is 261. The Kier molecular flexibility index (Phi) is 1.66. The van der Waals surface area contributed by atoms with E-state index in [2.05, 4.69) is 5.10 Å². The van der Waals surface area contributed by atoms with Gasteiger partial charge in [0.25, 0.3) is 0 Å². The quantitative estimate of drug-likeness (QED) is 0.624. The monoisotopic (exact) mass is 164 g/mol. The topological polar surface area (TPSA) is 28.7 Å². The Labute approximate surface area is 61.4 Å². The van der Waals surface area contributed by atoms with Gasteiger partial charge in [-0.3, -0.25) is 5.10 Å². The molecule has 0 fully saturated rings. The standard InChI is InChI=1S/C6H7F3N2/c1-3-4(2)10-11-5(3)6(7,8)9/h1-2H3,(H,10,11). The van der Waals surface area contributed by atoms with Crippen LogP contribution < -0.4 is 0 Å². The predicted octanol–water partition coefficient (Wildman–Crippen LogP) is 2.05. The molecule has 5 heteroatoms. The summed E-state index contributed by atoms with van der Waals surface area (Å²) in [6.45, 7) is 2.92. The van der Waals surface area contributed by atoms with E-state index in [4.69, 9.17) is 0 Å². The van der Waals surface area contributed by atoms with Crippen molar-refractivity contribution in [2.24, 2.45) is 0 Å². The summed E-state index contributed by atoms with van der Waals surface area (Å²) < 4.78 is 36.0. The van der Waals surface area contributed by atoms with Gasteiger partial charge in [0.2, 0.25) is 0 Å². The summed E-state index contributed by atoms with van der Waals surface area (Å²) in [5, 5.41) is 5.38. The summed E-state index contributed by atoms with van der Waals surface area (Å²) >= 11 is 0. The molecule has 1 heterocycles. The molecule has 0 atom stereocenters. The molecule has 0 aliphatic heterocycles. The molecule has 2 nitrogen and oxygen atoms in total. The molecule has 0 aliphatic carbocycles. The molecule has 1 N–H and O–H groups in total. The fraction of sp³-hybridized carbons (Fsp3) is 0.500. The second-order valence-electron chi connectivity index (χ2n) is 2.31. The Hall–Kier alpha value is -1.00. The number of nitrogens with zero attached hydrogens (tertiary/aromatic N) is 1. The van der Waals surface area contributed by atoms with Gasteiger partial charge in [-0.15, -0.1) is 0 Å². The first-order valence-electron chi connectivity index (χ1n) is 3.01. The van der Waals surface area contributed by atoms with Crippen molar-refractivity contribution in [3.8, 4) is 0 Å². The lowest BCUT2D eigenvalue weighted by Crippen LogP contribution is -2.07. The summed E-state index contributed by atoms with van der Waals surface area (Å²) in [4.78, 5) is 0. The van der Waals surface area contributed by atoms with Crippen molar-refractivity contribution < 1.29 is 13.2 Å². The van der Waals surface area contributed by atoms with Gasteiger partial charge in [0.05, 0.1) is 5.69 Å². The smallest absolute Gasteiger partial charge is 0.273 e. The highest BCUT2D eigenvalue weighted by Gasteiger charge is 2.35. The van der Waals surface area contributed by atoms with Crippen LogP contribution in [0.15, 0.2) is 0 Å². The number of aromatic nitrogens is 2. The first-order valence-corrected chi connectivity index (χ1v) is 3.01. The van der Waals surface area contributed by atoms with E-state index in [9.17, 15) is 13.2 Å². The molecule has 11 heavy (non-hydrogen) atoms. The van der Waals surface area contributed by atoms with Gasteiger partial charge in [-0.2, -0.15) is 18.3 Å². The number of H-pyrrole nitrogens is 1. The molecule has 0 unspecified atom stereocenters. The van der Waals surface area contributed by atoms with Crippen LogP contribution in [0.2, 0.25) is 0 Å². The molecule has 0 aliphatic rings. The highest BCUT2D eigenvalue weighted by atomic mass is 19.4. The van der Waals surface area contributed by atoms with Gasteiger partial charge >= 0.3 is 6.18 Å². The zero-order valence-corrected chi connectivity index (χ0v) is 6.08. The van der Waals surface area contributed by atoms with Crippen molar-refractivity contribution in [1.29, 1.82) is 0 Å². The molecule has 0 aromatic carbocycles. The molecule has 1 aromatic rings. The number of aromatic amines is 1. The van der Waals surface area contributed by atoms with Crippen molar-refractivity contribution in [2.45, 2.75) is 20.0 Å². The largest absolute Gasteiger partial charge is 0.433 e. The van der Waals surface area contributed by atoms with Crippen LogP contribution in [0.1, 0.15) is 17.0 Å². The first kappa shape index (κ1) is 8.10. The number of nitrogens with one attached hydrogen (secondary N) is 1. The Morgan fingerprint density at radius 3 is 2.00 bits per heavy atom. The zero-order chi connectivity index (χ0) is 8.65. The van der Waals surface area contributed by atoms with Crippen LogP contribution in [0, 0.1) is 13.8 Å². The SMILES string of the molecule is Cc1n[nH]c(C(F)(F)F)c1C. The number of rotatable bonds is 0. The molecule has 62 valence electrons. The zero-order valence-electron chi connectivity index (χ0n) is 6.08. The second-order valence-corrected chi connectivity index (χ2v) is 2.31. The van der Waals surface area contributed by atoms with Crippen molar-refractivity contribution in [1.82, 2.24) is 10.2 Å². The third-order valence-electron chi connectivity index (χ3n) is 1.54. The molecule has 0 amide bonds. The third kappa shape index (κ3) is 1.36. The lowest BCUT2D eigenvalue weighted by Gasteiger charge is -2.02. The number of alkyl halides is 3. The molecule has 0 bridgehead atoms. The van der Waals surface area contributed by atoms with Crippen LogP contribution in [0.5, 0.6) is 0 Å². The highest BCUT2D eigenvalue weighted by molar-refractivity contribution is 5.24. The van der Waals surface area contributed by atoms with Gasteiger partial charge in [-0.05, 0) is 13.8 Å². The van der Waals surface area contributed by atoms with E-state index in [-0.39, 0.29) is 5.56 Å². The number of hydrogen-bond donors (Lipinski definition) is 1. The maximum atomic E-state index is 12.0. The fourth-order valence-corrected chi connectivity index (χ4v) is 0.764. The Balaban J connectivity index is 3.15. The number of hydrogen-bond acceptors (Lipinski definition) is 1. The summed E-state index contributed by atoms with van der Waals surface area (Å²) in [6.07, 6.45) is -4.31. The van der Waals surface area contributed by atoms with E-state index in [0.717, 1.165) is 0 Å². The molecule has 0 radical (unpaired) electrons. The summed E-state index contributed by atoms with van der Waals surface area (Å²) in [5.41, 5.74) is -0.204. The lowest BCUT2D eigenvalue weighted by atomic mass is 10.2. The second kappa shape index (κ2) is 2.25. The normalized spacial score (nSPS) is 12.1. The minimum absolute atomic E-state index is 0.164. The fourth-order valence-electron chi connectivity index (χ4n) is 0.764. The Morgan fingerprint density at radius 1 is 1.27 bits per heavy atom. The maximum Gasteiger partial charge on any atom is 0.433 e. The summed E-state index contributed by atoms with van der Waals surface area (Å²) in [5.74, 6) is 0. The predicted molar refractivity (Wildman–Crippen MR) is 33.1 cm³/mol. The van der Waals surface area contributed by atoms with Gasteiger partial charge in [-0.1, -0.05) is 0 Å². The summed E-state index contributed by atoms with van der Waals surface area (Å²) in [7, 11) is 0.